The Hall–Kier alpha value is -2.66. The van der Waals surface area contributed by atoms with Gasteiger partial charge in [0.2, 0.25) is 0 Å². The van der Waals surface area contributed by atoms with Crippen LogP contribution in [0.25, 0.3) is 0 Å². The van der Waals surface area contributed by atoms with Gasteiger partial charge in [-0.25, -0.2) is 8.42 Å². The number of nitriles is 1. The molecule has 0 atom stereocenters. The predicted octanol–water partition coefficient (Wildman–Crippen LogP) is 1.77. The molecule has 2 aromatic rings. The molecule has 1 N–H and O–H groups in total. The van der Waals surface area contributed by atoms with Crippen molar-refractivity contribution in [3.63, 3.8) is 0 Å². The summed E-state index contributed by atoms with van der Waals surface area (Å²) in [5, 5.41) is 8.75. The lowest BCUT2D eigenvalue weighted by Crippen LogP contribution is -2.16. The maximum Gasteiger partial charge on any atom is 0.316 e. The van der Waals surface area contributed by atoms with E-state index in [9.17, 15) is 8.42 Å². The van der Waals surface area contributed by atoms with Gasteiger partial charge in [0.15, 0.2) is 0 Å². The highest BCUT2D eigenvalue weighted by Gasteiger charge is 2.18. The van der Waals surface area contributed by atoms with Crippen molar-refractivity contribution in [2.24, 2.45) is 0 Å². The van der Waals surface area contributed by atoms with Crippen LogP contribution in [0.2, 0.25) is 0 Å². The third-order valence-corrected chi connectivity index (χ3v) is 4.33. The number of sulfonamides is 1. The molecule has 0 radical (unpaired) electrons. The molecule has 0 saturated carbocycles. The van der Waals surface area contributed by atoms with E-state index in [1.54, 1.807) is 13.8 Å². The fourth-order valence-electron chi connectivity index (χ4n) is 1.83. The first-order chi connectivity index (χ1) is 10.4. The first-order valence-corrected chi connectivity index (χ1v) is 7.78. The zero-order valence-electron chi connectivity index (χ0n) is 12.3. The molecule has 0 fully saturated rings. The molecule has 1 aromatic heterocycles. The quantitative estimate of drug-likeness (QED) is 0.921. The number of nitrogens with one attached hydrogen (secondary N) is 1. The number of aryl methyl sites for hydroxylation is 2. The van der Waals surface area contributed by atoms with Gasteiger partial charge in [-0.2, -0.15) is 15.2 Å². The minimum atomic E-state index is -3.78. The second-order valence-corrected chi connectivity index (χ2v) is 6.18. The molecule has 114 valence electrons. The summed E-state index contributed by atoms with van der Waals surface area (Å²) < 4.78 is 32.2. The highest BCUT2D eigenvalue weighted by molar-refractivity contribution is 7.92. The number of hydrogen-bond donors (Lipinski definition) is 1. The summed E-state index contributed by atoms with van der Waals surface area (Å²) in [5.41, 5.74) is 1.62. The molecule has 22 heavy (non-hydrogen) atoms. The predicted molar refractivity (Wildman–Crippen MR) is 80.0 cm³/mol. The summed E-state index contributed by atoms with van der Waals surface area (Å²) in [6.45, 7) is 3.32. The second-order valence-electron chi connectivity index (χ2n) is 4.50. The number of nitrogens with zero attached hydrogens (tertiary/aromatic N) is 3. The van der Waals surface area contributed by atoms with Gasteiger partial charge in [-0.15, -0.1) is 0 Å². The van der Waals surface area contributed by atoms with Gasteiger partial charge in [0.1, 0.15) is 0 Å². The van der Waals surface area contributed by atoms with E-state index in [4.69, 9.17) is 10.00 Å². The van der Waals surface area contributed by atoms with Crippen LogP contribution in [0.5, 0.6) is 6.01 Å². The molecule has 0 amide bonds. The molecule has 0 unspecified atom stereocenters. The average molecular weight is 318 g/mol. The van der Waals surface area contributed by atoms with E-state index in [0.29, 0.717) is 22.6 Å². The van der Waals surface area contributed by atoms with Crippen molar-refractivity contribution in [2.75, 3.05) is 11.8 Å². The average Bonchev–Trinajstić information content (AvgIpc) is 2.50. The smallest absolute Gasteiger partial charge is 0.316 e. The van der Waals surface area contributed by atoms with E-state index in [2.05, 4.69) is 14.7 Å². The molecular weight excluding hydrogens is 304 g/mol. The maximum atomic E-state index is 12.4. The Morgan fingerprint density at radius 2 is 1.68 bits per heavy atom. The highest BCUT2D eigenvalue weighted by Crippen LogP contribution is 2.23. The monoisotopic (exact) mass is 318 g/mol. The fourth-order valence-corrected chi connectivity index (χ4v) is 3.00. The number of aromatic nitrogens is 2. The molecular formula is C14H14N4O3S. The molecule has 7 nitrogen and oxygen atoms in total. The van der Waals surface area contributed by atoms with Gasteiger partial charge in [-0.05, 0) is 38.1 Å². The topological polar surface area (TPSA) is 105 Å². The van der Waals surface area contributed by atoms with Crippen LogP contribution in [0.1, 0.15) is 17.0 Å². The highest BCUT2D eigenvalue weighted by atomic mass is 32.2. The minimum Gasteiger partial charge on any atom is -0.467 e. The molecule has 0 aliphatic heterocycles. The third kappa shape index (κ3) is 3.15. The first kappa shape index (κ1) is 15.7. The van der Waals surface area contributed by atoms with Crippen LogP contribution in [0.15, 0.2) is 29.2 Å². The minimum absolute atomic E-state index is 0.0566. The van der Waals surface area contributed by atoms with Crippen molar-refractivity contribution in [2.45, 2.75) is 18.7 Å². The second kappa shape index (κ2) is 5.99. The Labute approximate surface area is 128 Å². The Morgan fingerprint density at radius 3 is 2.14 bits per heavy atom. The summed E-state index contributed by atoms with van der Waals surface area (Å²) in [7, 11) is -2.34. The van der Waals surface area contributed by atoms with Gasteiger partial charge >= 0.3 is 6.01 Å². The standard InChI is InChI=1S/C14H14N4O3S/c1-9-13(10(2)17-14(16-9)21-3)18-22(19,20)12-6-4-11(8-15)5-7-12/h4-7,18H,1-3H3. The number of ether oxygens (including phenoxy) is 1. The van der Waals surface area contributed by atoms with Crippen LogP contribution in [0, 0.1) is 25.2 Å². The van der Waals surface area contributed by atoms with Gasteiger partial charge < -0.3 is 4.74 Å². The van der Waals surface area contributed by atoms with Crippen LogP contribution in [-0.4, -0.2) is 25.5 Å². The van der Waals surface area contributed by atoms with Crippen LogP contribution >= 0.6 is 0 Å². The third-order valence-electron chi connectivity index (χ3n) is 2.96. The molecule has 0 spiro atoms. The lowest BCUT2D eigenvalue weighted by atomic mass is 10.2. The molecule has 1 heterocycles. The van der Waals surface area contributed by atoms with Gasteiger partial charge in [-0.1, -0.05) is 0 Å². The van der Waals surface area contributed by atoms with E-state index in [0.717, 1.165) is 0 Å². The van der Waals surface area contributed by atoms with E-state index in [-0.39, 0.29) is 10.9 Å². The van der Waals surface area contributed by atoms with Crippen LogP contribution < -0.4 is 9.46 Å². The molecule has 0 bridgehead atoms. The van der Waals surface area contributed by atoms with E-state index < -0.39 is 10.0 Å². The van der Waals surface area contributed by atoms with Crippen molar-refractivity contribution in [3.8, 4) is 12.1 Å². The van der Waals surface area contributed by atoms with Gasteiger partial charge in [0, 0.05) is 0 Å². The number of hydrogen-bond acceptors (Lipinski definition) is 6. The zero-order chi connectivity index (χ0) is 16.3. The number of anilines is 1. The normalized spacial score (nSPS) is 10.8. The zero-order valence-corrected chi connectivity index (χ0v) is 13.1. The Kier molecular flexibility index (Phi) is 4.28. The lowest BCUT2D eigenvalue weighted by Gasteiger charge is -2.13. The van der Waals surface area contributed by atoms with Crippen molar-refractivity contribution < 1.29 is 13.2 Å². The number of rotatable bonds is 4. The summed E-state index contributed by atoms with van der Waals surface area (Å²) in [5.74, 6) is 0. The molecule has 0 aliphatic rings. The number of methoxy groups -OCH3 is 1. The largest absolute Gasteiger partial charge is 0.467 e. The van der Waals surface area contributed by atoms with Gasteiger partial charge in [0.05, 0.1) is 40.7 Å². The van der Waals surface area contributed by atoms with Gasteiger partial charge in [0.25, 0.3) is 10.0 Å². The lowest BCUT2D eigenvalue weighted by molar-refractivity contribution is 0.378. The van der Waals surface area contributed by atoms with Gasteiger partial charge in [-0.3, -0.25) is 4.72 Å². The first-order valence-electron chi connectivity index (χ1n) is 6.29. The van der Waals surface area contributed by atoms with E-state index >= 15 is 0 Å². The summed E-state index contributed by atoms with van der Waals surface area (Å²) in [4.78, 5) is 8.17. The van der Waals surface area contributed by atoms with Crippen molar-refractivity contribution in [1.29, 1.82) is 5.26 Å². The van der Waals surface area contributed by atoms with E-state index in [1.807, 2.05) is 6.07 Å². The number of benzene rings is 1. The summed E-state index contributed by atoms with van der Waals surface area (Å²) >= 11 is 0. The summed E-state index contributed by atoms with van der Waals surface area (Å²) in [6, 6.07) is 7.74. The van der Waals surface area contributed by atoms with E-state index in [1.165, 1.54) is 31.4 Å². The van der Waals surface area contributed by atoms with Crippen LogP contribution in [0.4, 0.5) is 5.69 Å². The Balaban J connectivity index is 2.38. The maximum absolute atomic E-state index is 12.4. The van der Waals surface area contributed by atoms with Crippen molar-refractivity contribution >= 4 is 15.7 Å². The molecule has 8 heteroatoms. The van der Waals surface area contributed by atoms with Crippen molar-refractivity contribution in [1.82, 2.24) is 9.97 Å². The van der Waals surface area contributed by atoms with Crippen LogP contribution in [0.3, 0.4) is 0 Å². The fraction of sp³-hybridized carbons (Fsp3) is 0.214. The molecule has 1 aromatic carbocycles. The molecule has 0 saturated heterocycles. The van der Waals surface area contributed by atoms with Crippen molar-refractivity contribution in [3.05, 3.63) is 41.2 Å². The van der Waals surface area contributed by atoms with Crippen LogP contribution in [-0.2, 0) is 10.0 Å². The Bertz CT molecular complexity index is 816. The Morgan fingerprint density at radius 1 is 1.14 bits per heavy atom. The summed E-state index contributed by atoms with van der Waals surface area (Å²) in [6.07, 6.45) is 0. The molecule has 0 aliphatic carbocycles. The SMILES string of the molecule is COc1nc(C)c(NS(=O)(=O)c2ccc(C#N)cc2)c(C)n1. The molecule has 2 rings (SSSR count).